The fourth-order valence-electron chi connectivity index (χ4n) is 5.75. The Kier molecular flexibility index (Phi) is 6.95. The third-order valence-electron chi connectivity index (χ3n) is 7.34. The maximum absolute atomic E-state index is 13.6. The van der Waals surface area contributed by atoms with Gasteiger partial charge in [0.15, 0.2) is 0 Å². The first kappa shape index (κ1) is 22.5. The van der Waals surface area contributed by atoms with Gasteiger partial charge >= 0.3 is 6.09 Å². The minimum Gasteiger partial charge on any atom is -0.465 e. The second-order valence-corrected chi connectivity index (χ2v) is 8.99. The number of nitrogens with zero attached hydrogens (tertiary/aromatic N) is 2. The lowest BCUT2D eigenvalue weighted by molar-refractivity contribution is -0.152. The summed E-state index contributed by atoms with van der Waals surface area (Å²) in [5.41, 5.74) is 2.90. The summed E-state index contributed by atoms with van der Waals surface area (Å²) in [6.45, 7) is 2.36. The van der Waals surface area contributed by atoms with Gasteiger partial charge in [0.1, 0.15) is 0 Å². The highest BCUT2D eigenvalue weighted by molar-refractivity contribution is 5.89. The number of hydrogen-bond acceptors (Lipinski definition) is 5. The van der Waals surface area contributed by atoms with Crippen molar-refractivity contribution in [2.45, 2.75) is 37.6 Å². The number of piperidine rings is 1. The highest BCUT2D eigenvalue weighted by Crippen LogP contribution is 2.39. The largest absolute Gasteiger partial charge is 0.465 e. The molecule has 0 spiro atoms. The van der Waals surface area contributed by atoms with Crippen molar-refractivity contribution in [3.05, 3.63) is 35.9 Å². The molecule has 4 atom stereocenters. The molecule has 0 bridgehead atoms. The van der Waals surface area contributed by atoms with Gasteiger partial charge in [0.2, 0.25) is 11.8 Å². The minimum atomic E-state index is -1.10. The van der Waals surface area contributed by atoms with E-state index in [1.807, 2.05) is 18.2 Å². The van der Waals surface area contributed by atoms with Crippen molar-refractivity contribution in [1.82, 2.24) is 15.3 Å². The summed E-state index contributed by atoms with van der Waals surface area (Å²) >= 11 is 0. The van der Waals surface area contributed by atoms with Crippen LogP contribution in [0, 0.1) is 17.8 Å². The minimum absolute atomic E-state index is 0.103. The number of rotatable bonds is 4. The first-order valence-electron chi connectivity index (χ1n) is 11.4. The van der Waals surface area contributed by atoms with Crippen LogP contribution in [0.15, 0.2) is 30.3 Å². The lowest BCUT2D eigenvalue weighted by atomic mass is 9.71. The maximum Gasteiger partial charge on any atom is 0.407 e. The van der Waals surface area contributed by atoms with Crippen molar-refractivity contribution >= 4 is 17.9 Å². The van der Waals surface area contributed by atoms with Crippen molar-refractivity contribution in [3.63, 3.8) is 0 Å². The number of ether oxygens (including phenoxy) is 1. The fourth-order valence-corrected chi connectivity index (χ4v) is 5.75. The van der Waals surface area contributed by atoms with Crippen molar-refractivity contribution in [2.24, 2.45) is 17.8 Å². The molecule has 3 aliphatic rings. The summed E-state index contributed by atoms with van der Waals surface area (Å²) in [5.74, 6) is -2.27. The van der Waals surface area contributed by atoms with E-state index in [4.69, 9.17) is 4.74 Å². The molecule has 0 aromatic heterocycles. The predicted octanol–water partition coefficient (Wildman–Crippen LogP) is 1.92. The smallest absolute Gasteiger partial charge is 0.407 e. The number of carbonyl (C=O) groups excluding carboxylic acids is 2. The summed E-state index contributed by atoms with van der Waals surface area (Å²) in [4.78, 5) is 41.5. The van der Waals surface area contributed by atoms with E-state index in [1.54, 1.807) is 10.4 Å². The van der Waals surface area contributed by atoms with Gasteiger partial charge in [0, 0.05) is 38.8 Å². The Balaban J connectivity index is 1.57. The first-order valence-corrected chi connectivity index (χ1v) is 11.4. The van der Waals surface area contributed by atoms with Crippen LogP contribution in [0.3, 0.4) is 0 Å². The van der Waals surface area contributed by atoms with Crippen LogP contribution in [-0.2, 0) is 14.3 Å². The third kappa shape index (κ3) is 4.45. The Hall–Kier alpha value is -2.65. The van der Waals surface area contributed by atoms with Crippen LogP contribution in [-0.4, -0.2) is 76.9 Å². The van der Waals surface area contributed by atoms with Gasteiger partial charge in [-0.3, -0.25) is 14.8 Å². The van der Waals surface area contributed by atoms with Crippen LogP contribution in [0.2, 0.25) is 0 Å². The molecule has 3 heterocycles. The Bertz CT molecular complexity index is 828. The molecular formula is C23H31N3O6. The molecule has 0 aliphatic carbocycles. The zero-order valence-corrected chi connectivity index (χ0v) is 18.1. The summed E-state index contributed by atoms with van der Waals surface area (Å²) in [6.07, 6.45) is 1.24. The highest BCUT2D eigenvalue weighted by Gasteiger charge is 2.51. The highest BCUT2D eigenvalue weighted by atomic mass is 16.5. The Morgan fingerprint density at radius 2 is 1.72 bits per heavy atom. The topological polar surface area (TPSA) is 119 Å². The van der Waals surface area contributed by atoms with Gasteiger partial charge in [-0.15, -0.1) is 0 Å². The van der Waals surface area contributed by atoms with Crippen LogP contribution in [0.4, 0.5) is 4.79 Å². The van der Waals surface area contributed by atoms with Gasteiger partial charge in [-0.2, -0.15) is 0 Å². The number of likely N-dealkylation sites (tertiary alicyclic amines) is 2. The molecule has 3 fully saturated rings. The van der Waals surface area contributed by atoms with Gasteiger partial charge in [-0.1, -0.05) is 30.3 Å². The van der Waals surface area contributed by atoms with Gasteiger partial charge in [0.05, 0.1) is 17.9 Å². The summed E-state index contributed by atoms with van der Waals surface area (Å²) in [7, 11) is 0. The van der Waals surface area contributed by atoms with Crippen molar-refractivity contribution in [1.29, 1.82) is 0 Å². The molecule has 1 aromatic rings. The Morgan fingerprint density at radius 1 is 1.00 bits per heavy atom. The van der Waals surface area contributed by atoms with E-state index in [0.717, 1.165) is 6.42 Å². The predicted molar refractivity (Wildman–Crippen MR) is 114 cm³/mol. The van der Waals surface area contributed by atoms with E-state index in [0.29, 0.717) is 39.1 Å². The van der Waals surface area contributed by atoms with E-state index in [-0.39, 0.29) is 30.7 Å². The van der Waals surface area contributed by atoms with Gasteiger partial charge in [-0.05, 0) is 37.2 Å². The molecule has 0 saturated carbocycles. The number of hydrogen-bond donors (Lipinski definition) is 3. The SMILES string of the molecule is O=C(NO)[C@H]1C(C2CCOCC2)N(C(=O)O)CC[C@@H]1C(=O)N1CC[C@H](c2ccccc2)C1. The molecule has 0 radical (unpaired) electrons. The molecule has 9 heteroatoms. The van der Waals surface area contributed by atoms with Gasteiger partial charge in [-0.25, -0.2) is 10.3 Å². The molecule has 3 N–H and O–H groups in total. The van der Waals surface area contributed by atoms with Crippen molar-refractivity contribution in [2.75, 3.05) is 32.8 Å². The monoisotopic (exact) mass is 445 g/mol. The zero-order chi connectivity index (χ0) is 22.7. The molecule has 1 unspecified atom stereocenters. The average Bonchev–Trinajstić information content (AvgIpc) is 3.33. The molecule has 1 aromatic carbocycles. The molecule has 32 heavy (non-hydrogen) atoms. The molecule has 4 rings (SSSR count). The van der Waals surface area contributed by atoms with E-state index >= 15 is 0 Å². The van der Waals surface area contributed by atoms with Gasteiger partial charge < -0.3 is 19.6 Å². The van der Waals surface area contributed by atoms with E-state index in [1.165, 1.54) is 10.5 Å². The van der Waals surface area contributed by atoms with Crippen LogP contribution >= 0.6 is 0 Å². The van der Waals surface area contributed by atoms with Crippen molar-refractivity contribution < 1.29 is 29.4 Å². The van der Waals surface area contributed by atoms with Crippen LogP contribution in [0.25, 0.3) is 0 Å². The zero-order valence-electron chi connectivity index (χ0n) is 18.1. The standard InChI is InChI=1S/C23H31N3O6/c27-21(24-31)19-18(7-11-26(23(29)30)20(19)16-8-12-32-13-9-16)22(28)25-10-6-17(14-25)15-4-2-1-3-5-15/h1-5,16-20,31H,6-14H2,(H,24,27)(H,29,30)/t17-,18-,19+,20?/m0/s1. The molecular weight excluding hydrogens is 414 g/mol. The van der Waals surface area contributed by atoms with Crippen LogP contribution in [0.1, 0.15) is 37.2 Å². The quantitative estimate of drug-likeness (QED) is 0.481. The lowest BCUT2D eigenvalue weighted by Gasteiger charge is -2.47. The fraction of sp³-hybridized carbons (Fsp3) is 0.609. The summed E-state index contributed by atoms with van der Waals surface area (Å²) < 4.78 is 5.43. The van der Waals surface area contributed by atoms with Crippen LogP contribution < -0.4 is 5.48 Å². The molecule has 3 amide bonds. The van der Waals surface area contributed by atoms with E-state index in [2.05, 4.69) is 12.1 Å². The number of amides is 3. The molecule has 3 saturated heterocycles. The number of carbonyl (C=O) groups is 3. The number of nitrogens with one attached hydrogen (secondary N) is 1. The third-order valence-corrected chi connectivity index (χ3v) is 7.34. The normalized spacial score (nSPS) is 29.0. The average molecular weight is 446 g/mol. The lowest BCUT2D eigenvalue weighted by Crippen LogP contribution is -2.61. The Labute approximate surface area is 187 Å². The van der Waals surface area contributed by atoms with Crippen molar-refractivity contribution in [3.8, 4) is 0 Å². The van der Waals surface area contributed by atoms with Gasteiger partial charge in [0.25, 0.3) is 0 Å². The molecule has 9 nitrogen and oxygen atoms in total. The summed E-state index contributed by atoms with van der Waals surface area (Å²) in [5, 5.41) is 19.3. The molecule has 3 aliphatic heterocycles. The first-order chi connectivity index (χ1) is 15.5. The number of carboxylic acid groups (broad SMARTS) is 1. The van der Waals surface area contributed by atoms with E-state index < -0.39 is 29.9 Å². The molecule has 174 valence electrons. The number of benzene rings is 1. The summed E-state index contributed by atoms with van der Waals surface area (Å²) in [6, 6.07) is 9.40. The van der Waals surface area contributed by atoms with Crippen LogP contribution in [0.5, 0.6) is 0 Å². The Morgan fingerprint density at radius 3 is 2.38 bits per heavy atom. The second kappa shape index (κ2) is 9.87. The maximum atomic E-state index is 13.6. The number of hydroxylamine groups is 1. The van der Waals surface area contributed by atoms with E-state index in [9.17, 15) is 24.7 Å². The second-order valence-electron chi connectivity index (χ2n) is 8.99.